The fraction of sp³-hybridized carbons (Fsp3) is 0.214. The van der Waals surface area contributed by atoms with E-state index in [0.717, 1.165) is 12.8 Å². The number of primary amides is 2. The van der Waals surface area contributed by atoms with E-state index < -0.39 is 11.9 Å². The number of nitrogens with one attached hydrogen (secondary N) is 3. The Balaban J connectivity index is 2.02. The third kappa shape index (κ3) is 2.58. The van der Waals surface area contributed by atoms with Gasteiger partial charge in [0.1, 0.15) is 5.82 Å². The molecule has 2 aromatic rings. The van der Waals surface area contributed by atoms with Gasteiger partial charge in [-0.15, -0.1) is 0 Å². The number of benzene rings is 1. The van der Waals surface area contributed by atoms with Crippen LogP contribution in [0.3, 0.4) is 0 Å². The van der Waals surface area contributed by atoms with E-state index in [9.17, 15) is 14.4 Å². The lowest BCUT2D eigenvalue weighted by Crippen LogP contribution is -2.25. The maximum atomic E-state index is 12.0. The Hall–Kier alpha value is -3.03. The van der Waals surface area contributed by atoms with Crippen LogP contribution in [0.5, 0.6) is 0 Å². The van der Waals surface area contributed by atoms with Crippen molar-refractivity contribution in [1.82, 2.24) is 10.3 Å². The van der Waals surface area contributed by atoms with Crippen molar-refractivity contribution in [3.8, 4) is 0 Å². The average molecular weight is 301 g/mol. The first kappa shape index (κ1) is 13.9. The number of H-pyrrole nitrogens is 1. The lowest BCUT2D eigenvalue weighted by molar-refractivity contribution is 0.0950. The second-order valence-corrected chi connectivity index (χ2v) is 5.24. The summed E-state index contributed by atoms with van der Waals surface area (Å²) in [5.74, 6) is -0.760. The van der Waals surface area contributed by atoms with E-state index in [-0.39, 0.29) is 23.3 Å². The van der Waals surface area contributed by atoms with E-state index in [2.05, 4.69) is 15.6 Å². The third-order valence-electron chi connectivity index (χ3n) is 3.47. The number of urea groups is 1. The zero-order valence-electron chi connectivity index (χ0n) is 11.6. The van der Waals surface area contributed by atoms with Gasteiger partial charge in [-0.05, 0) is 25.0 Å². The van der Waals surface area contributed by atoms with Gasteiger partial charge < -0.3 is 21.8 Å². The lowest BCUT2D eigenvalue weighted by Gasteiger charge is -2.03. The van der Waals surface area contributed by atoms with Crippen molar-refractivity contribution in [3.63, 3.8) is 0 Å². The van der Waals surface area contributed by atoms with Gasteiger partial charge in [-0.3, -0.25) is 14.9 Å². The number of hydrogen-bond acceptors (Lipinski definition) is 3. The van der Waals surface area contributed by atoms with Gasteiger partial charge >= 0.3 is 6.03 Å². The van der Waals surface area contributed by atoms with Crippen LogP contribution in [0.25, 0.3) is 10.9 Å². The highest BCUT2D eigenvalue weighted by Crippen LogP contribution is 2.27. The van der Waals surface area contributed by atoms with Gasteiger partial charge in [-0.1, -0.05) is 6.07 Å². The topological polar surface area (TPSA) is 143 Å². The van der Waals surface area contributed by atoms with Crippen LogP contribution >= 0.6 is 0 Å². The molecule has 0 spiro atoms. The Labute approximate surface area is 125 Å². The Bertz CT molecular complexity index is 791. The van der Waals surface area contributed by atoms with Crippen LogP contribution in [0.15, 0.2) is 18.2 Å². The molecule has 3 rings (SSSR count). The minimum absolute atomic E-state index is 0.120. The average Bonchev–Trinajstić information content (AvgIpc) is 3.16. The van der Waals surface area contributed by atoms with Crippen LogP contribution in [0.4, 0.5) is 10.6 Å². The van der Waals surface area contributed by atoms with Crippen molar-refractivity contribution in [2.75, 3.05) is 5.32 Å². The molecule has 8 nitrogen and oxygen atoms in total. The second-order valence-electron chi connectivity index (χ2n) is 5.24. The number of nitrogens with two attached hydrogens (primary N) is 2. The van der Waals surface area contributed by atoms with Crippen LogP contribution in [0.2, 0.25) is 0 Å². The molecule has 0 radical (unpaired) electrons. The number of aromatic amines is 1. The molecule has 1 aromatic heterocycles. The Morgan fingerprint density at radius 2 is 1.91 bits per heavy atom. The van der Waals surface area contributed by atoms with Crippen LogP contribution in [-0.2, 0) is 0 Å². The van der Waals surface area contributed by atoms with Crippen LogP contribution in [0, 0.1) is 0 Å². The number of carbonyl (C=O) groups excluding carboxylic acids is 3. The summed E-state index contributed by atoms with van der Waals surface area (Å²) in [5, 5.41) is 5.71. The minimum atomic E-state index is -0.819. The highest BCUT2D eigenvalue weighted by molar-refractivity contribution is 6.13. The molecule has 1 fully saturated rings. The molecule has 0 unspecified atom stereocenters. The summed E-state index contributed by atoms with van der Waals surface area (Å²) in [5.41, 5.74) is 11.5. The van der Waals surface area contributed by atoms with Crippen molar-refractivity contribution in [2.45, 2.75) is 18.9 Å². The zero-order valence-corrected chi connectivity index (χ0v) is 11.6. The molecule has 0 atom stereocenters. The van der Waals surface area contributed by atoms with Gasteiger partial charge in [-0.25, -0.2) is 4.79 Å². The van der Waals surface area contributed by atoms with Gasteiger partial charge in [0.15, 0.2) is 0 Å². The van der Waals surface area contributed by atoms with E-state index in [4.69, 9.17) is 11.5 Å². The van der Waals surface area contributed by atoms with Crippen molar-refractivity contribution >= 4 is 34.6 Å². The van der Waals surface area contributed by atoms with Gasteiger partial charge in [0.25, 0.3) is 11.8 Å². The minimum Gasteiger partial charge on any atom is -0.365 e. The van der Waals surface area contributed by atoms with Gasteiger partial charge in [-0.2, -0.15) is 0 Å². The summed E-state index contributed by atoms with van der Waals surface area (Å²) in [6.45, 7) is 0. The first-order valence-electron chi connectivity index (χ1n) is 6.78. The van der Waals surface area contributed by atoms with E-state index >= 15 is 0 Å². The van der Waals surface area contributed by atoms with Gasteiger partial charge in [0.2, 0.25) is 0 Å². The standard InChI is InChI=1S/C14H15N5O3/c15-11(20)10-8-4-1-6(13(21)17-7-2-3-7)5-9(8)18-12(10)19-14(16)22/h1,4-5,7,18H,2-3H2,(H2,15,20)(H,17,21)(H3,16,19,22). The maximum absolute atomic E-state index is 12.0. The summed E-state index contributed by atoms with van der Waals surface area (Å²) < 4.78 is 0. The number of carbonyl (C=O) groups is 3. The molecule has 1 aliphatic rings. The Morgan fingerprint density at radius 1 is 1.18 bits per heavy atom. The first-order valence-corrected chi connectivity index (χ1v) is 6.78. The highest BCUT2D eigenvalue weighted by atomic mass is 16.2. The predicted octanol–water partition coefficient (Wildman–Crippen LogP) is 0.650. The summed E-state index contributed by atoms with van der Waals surface area (Å²) in [7, 11) is 0. The van der Waals surface area contributed by atoms with Gasteiger partial charge in [0, 0.05) is 22.5 Å². The van der Waals surface area contributed by atoms with Crippen LogP contribution < -0.4 is 22.1 Å². The Kier molecular flexibility index (Phi) is 3.21. The van der Waals surface area contributed by atoms with E-state index in [1.807, 2.05) is 0 Å². The molecule has 8 heteroatoms. The number of aromatic nitrogens is 1. The molecular formula is C14H15N5O3. The molecular weight excluding hydrogens is 286 g/mol. The van der Waals surface area contributed by atoms with Crippen molar-refractivity contribution in [3.05, 3.63) is 29.3 Å². The SMILES string of the molecule is NC(=O)Nc1[nH]c2cc(C(=O)NC3CC3)ccc2c1C(N)=O. The van der Waals surface area contributed by atoms with Gasteiger partial charge in [0.05, 0.1) is 5.56 Å². The maximum Gasteiger partial charge on any atom is 0.317 e. The third-order valence-corrected chi connectivity index (χ3v) is 3.47. The molecule has 114 valence electrons. The molecule has 1 aliphatic carbocycles. The van der Waals surface area contributed by atoms with E-state index in [0.29, 0.717) is 16.5 Å². The summed E-state index contributed by atoms with van der Waals surface area (Å²) in [6, 6.07) is 4.25. The molecule has 0 aliphatic heterocycles. The number of amides is 4. The number of rotatable bonds is 4. The van der Waals surface area contributed by atoms with Crippen LogP contribution in [-0.4, -0.2) is 28.9 Å². The molecule has 1 saturated carbocycles. The summed E-state index contributed by atoms with van der Waals surface area (Å²) >= 11 is 0. The van der Waals surface area contributed by atoms with Crippen molar-refractivity contribution in [1.29, 1.82) is 0 Å². The fourth-order valence-corrected chi connectivity index (χ4v) is 2.31. The molecule has 4 amide bonds. The molecule has 1 heterocycles. The van der Waals surface area contributed by atoms with Crippen molar-refractivity contribution in [2.24, 2.45) is 11.5 Å². The number of anilines is 1. The smallest absolute Gasteiger partial charge is 0.317 e. The lowest BCUT2D eigenvalue weighted by atomic mass is 10.1. The molecule has 0 saturated heterocycles. The number of fused-ring (bicyclic) bond motifs is 1. The fourth-order valence-electron chi connectivity index (χ4n) is 2.31. The molecule has 7 N–H and O–H groups in total. The van der Waals surface area contributed by atoms with E-state index in [1.165, 1.54) is 0 Å². The van der Waals surface area contributed by atoms with E-state index in [1.54, 1.807) is 18.2 Å². The largest absolute Gasteiger partial charge is 0.365 e. The Morgan fingerprint density at radius 3 is 2.50 bits per heavy atom. The molecule has 22 heavy (non-hydrogen) atoms. The highest BCUT2D eigenvalue weighted by Gasteiger charge is 2.24. The molecule has 1 aromatic carbocycles. The first-order chi connectivity index (χ1) is 10.5. The normalized spacial score (nSPS) is 13.8. The monoisotopic (exact) mass is 301 g/mol. The second kappa shape index (κ2) is 5.06. The summed E-state index contributed by atoms with van der Waals surface area (Å²) in [6.07, 6.45) is 1.99. The number of hydrogen-bond donors (Lipinski definition) is 5. The summed E-state index contributed by atoms with van der Waals surface area (Å²) in [4.78, 5) is 37.5. The predicted molar refractivity (Wildman–Crippen MR) is 80.5 cm³/mol. The molecule has 0 bridgehead atoms. The zero-order chi connectivity index (χ0) is 15.9. The van der Waals surface area contributed by atoms with Crippen molar-refractivity contribution < 1.29 is 14.4 Å². The quantitative estimate of drug-likeness (QED) is 0.565. The van der Waals surface area contributed by atoms with Crippen LogP contribution in [0.1, 0.15) is 33.6 Å².